The summed E-state index contributed by atoms with van der Waals surface area (Å²) in [6.07, 6.45) is 0.623. The number of carbonyl (C=O) groups is 2. The number of hydrogen-bond acceptors (Lipinski definition) is 4. The predicted octanol–water partition coefficient (Wildman–Crippen LogP) is 2.86. The van der Waals surface area contributed by atoms with Crippen LogP contribution in [0.25, 0.3) is 11.1 Å². The monoisotopic (exact) mass is 336 g/mol. The Hall–Kier alpha value is -3.15. The average molecular weight is 336 g/mol. The lowest BCUT2D eigenvalue weighted by molar-refractivity contribution is -0.141. The van der Waals surface area contributed by atoms with Crippen LogP contribution in [-0.2, 0) is 16.0 Å². The molecule has 1 amide bonds. The molecule has 0 bridgehead atoms. The SMILES string of the molecule is O=C(O)[C@@H]1CC(=O)N(c2ccc3nc(Cc4ccccc4)oc3c2)C1. The van der Waals surface area contributed by atoms with Crippen molar-refractivity contribution in [1.29, 1.82) is 0 Å². The normalized spacial score (nSPS) is 17.4. The van der Waals surface area contributed by atoms with Crippen LogP contribution in [0.2, 0.25) is 0 Å². The number of aromatic nitrogens is 1. The zero-order chi connectivity index (χ0) is 17.4. The first-order valence-electron chi connectivity index (χ1n) is 8.07. The van der Waals surface area contributed by atoms with E-state index in [4.69, 9.17) is 9.52 Å². The predicted molar refractivity (Wildman–Crippen MR) is 91.4 cm³/mol. The second-order valence-corrected chi connectivity index (χ2v) is 6.17. The zero-order valence-electron chi connectivity index (χ0n) is 13.4. The summed E-state index contributed by atoms with van der Waals surface area (Å²) in [6.45, 7) is 0.185. The van der Waals surface area contributed by atoms with Crippen molar-refractivity contribution in [2.24, 2.45) is 5.92 Å². The third-order valence-electron chi connectivity index (χ3n) is 4.40. The van der Waals surface area contributed by atoms with Crippen LogP contribution in [0.4, 0.5) is 5.69 Å². The molecule has 2 aromatic carbocycles. The maximum absolute atomic E-state index is 12.1. The van der Waals surface area contributed by atoms with E-state index >= 15 is 0 Å². The Morgan fingerprint density at radius 2 is 2.04 bits per heavy atom. The van der Waals surface area contributed by atoms with Gasteiger partial charge in [0.1, 0.15) is 5.52 Å². The highest BCUT2D eigenvalue weighted by atomic mass is 16.4. The fraction of sp³-hybridized carbons (Fsp3) is 0.211. The quantitative estimate of drug-likeness (QED) is 0.792. The number of aliphatic carboxylic acids is 1. The lowest BCUT2D eigenvalue weighted by atomic mass is 10.1. The Bertz CT molecular complexity index is 948. The van der Waals surface area contributed by atoms with Crippen molar-refractivity contribution in [3.63, 3.8) is 0 Å². The zero-order valence-corrected chi connectivity index (χ0v) is 13.4. The van der Waals surface area contributed by atoms with Gasteiger partial charge in [-0.1, -0.05) is 30.3 Å². The van der Waals surface area contributed by atoms with Crippen LogP contribution < -0.4 is 4.90 Å². The summed E-state index contributed by atoms with van der Waals surface area (Å²) in [5.41, 5.74) is 3.06. The number of nitrogens with zero attached hydrogens (tertiary/aromatic N) is 2. The van der Waals surface area contributed by atoms with E-state index in [1.807, 2.05) is 30.3 Å². The fourth-order valence-electron chi connectivity index (χ4n) is 3.10. The number of carboxylic acids is 1. The van der Waals surface area contributed by atoms with E-state index in [2.05, 4.69) is 4.98 Å². The maximum Gasteiger partial charge on any atom is 0.308 e. The van der Waals surface area contributed by atoms with E-state index in [-0.39, 0.29) is 18.9 Å². The molecule has 1 saturated heterocycles. The Balaban J connectivity index is 1.60. The molecule has 1 atom stereocenters. The number of amides is 1. The van der Waals surface area contributed by atoms with Crippen LogP contribution in [0.1, 0.15) is 17.9 Å². The van der Waals surface area contributed by atoms with Gasteiger partial charge >= 0.3 is 5.97 Å². The van der Waals surface area contributed by atoms with Gasteiger partial charge in [-0.05, 0) is 17.7 Å². The van der Waals surface area contributed by atoms with Crippen LogP contribution in [0.15, 0.2) is 52.9 Å². The number of oxazole rings is 1. The van der Waals surface area contributed by atoms with Gasteiger partial charge in [-0.2, -0.15) is 0 Å². The minimum Gasteiger partial charge on any atom is -0.481 e. The molecule has 0 unspecified atom stereocenters. The van der Waals surface area contributed by atoms with Crippen molar-refractivity contribution in [3.05, 3.63) is 60.0 Å². The van der Waals surface area contributed by atoms with E-state index in [0.29, 0.717) is 23.6 Å². The molecule has 0 radical (unpaired) electrons. The second kappa shape index (κ2) is 6.05. The van der Waals surface area contributed by atoms with Gasteiger partial charge in [0.05, 0.1) is 5.92 Å². The molecule has 6 heteroatoms. The molecule has 0 aliphatic carbocycles. The molecule has 0 spiro atoms. The smallest absolute Gasteiger partial charge is 0.308 e. The molecule has 3 aromatic rings. The van der Waals surface area contributed by atoms with E-state index < -0.39 is 11.9 Å². The molecule has 1 fully saturated rings. The van der Waals surface area contributed by atoms with Crippen LogP contribution in [0.3, 0.4) is 0 Å². The molecular formula is C19H16N2O4. The summed E-state index contributed by atoms with van der Waals surface area (Å²) < 4.78 is 5.82. The van der Waals surface area contributed by atoms with E-state index in [1.54, 1.807) is 18.2 Å². The van der Waals surface area contributed by atoms with Gasteiger partial charge in [0, 0.05) is 31.1 Å². The highest BCUT2D eigenvalue weighted by Crippen LogP contribution is 2.29. The summed E-state index contributed by atoms with van der Waals surface area (Å²) in [5, 5.41) is 9.10. The van der Waals surface area contributed by atoms with Crippen LogP contribution in [0, 0.1) is 5.92 Å². The number of anilines is 1. The molecule has 1 N–H and O–H groups in total. The van der Waals surface area contributed by atoms with Crippen molar-refractivity contribution < 1.29 is 19.1 Å². The highest BCUT2D eigenvalue weighted by molar-refractivity contribution is 6.00. The largest absolute Gasteiger partial charge is 0.481 e. The number of fused-ring (bicyclic) bond motifs is 1. The molecule has 1 aromatic heterocycles. The van der Waals surface area contributed by atoms with Gasteiger partial charge in [-0.25, -0.2) is 4.98 Å². The molecule has 25 heavy (non-hydrogen) atoms. The standard InChI is InChI=1S/C19H16N2O4/c22-18-9-13(19(23)24)11-21(18)14-6-7-15-16(10-14)25-17(20-15)8-12-4-2-1-3-5-12/h1-7,10,13H,8-9,11H2,(H,23,24)/t13-/m1/s1. The lowest BCUT2D eigenvalue weighted by Crippen LogP contribution is -2.25. The molecular weight excluding hydrogens is 320 g/mol. The first-order chi connectivity index (χ1) is 12.1. The average Bonchev–Trinajstić information content (AvgIpc) is 3.18. The Morgan fingerprint density at radius 1 is 1.24 bits per heavy atom. The molecule has 1 aliphatic rings. The van der Waals surface area contributed by atoms with Crippen molar-refractivity contribution in [1.82, 2.24) is 4.98 Å². The van der Waals surface area contributed by atoms with Crippen molar-refractivity contribution >= 4 is 28.7 Å². The topological polar surface area (TPSA) is 83.6 Å². The van der Waals surface area contributed by atoms with Gasteiger partial charge in [0.2, 0.25) is 5.91 Å². The Kier molecular flexibility index (Phi) is 3.72. The van der Waals surface area contributed by atoms with Crippen molar-refractivity contribution in [2.45, 2.75) is 12.8 Å². The summed E-state index contributed by atoms with van der Waals surface area (Å²) in [6, 6.07) is 15.2. The number of hydrogen-bond donors (Lipinski definition) is 1. The van der Waals surface area contributed by atoms with Crippen molar-refractivity contribution in [3.8, 4) is 0 Å². The van der Waals surface area contributed by atoms with Crippen molar-refractivity contribution in [2.75, 3.05) is 11.4 Å². The van der Waals surface area contributed by atoms with E-state index in [1.165, 1.54) is 4.90 Å². The summed E-state index contributed by atoms with van der Waals surface area (Å²) in [4.78, 5) is 29.2. The number of rotatable bonds is 4. The Labute approximate surface area is 143 Å². The summed E-state index contributed by atoms with van der Waals surface area (Å²) >= 11 is 0. The van der Waals surface area contributed by atoms with Crippen LogP contribution >= 0.6 is 0 Å². The van der Waals surface area contributed by atoms with Gasteiger partial charge in [-0.3, -0.25) is 9.59 Å². The maximum atomic E-state index is 12.1. The van der Waals surface area contributed by atoms with Crippen LogP contribution in [0.5, 0.6) is 0 Å². The number of carboxylic acid groups (broad SMARTS) is 1. The molecule has 6 nitrogen and oxygen atoms in total. The second-order valence-electron chi connectivity index (χ2n) is 6.17. The molecule has 1 aliphatic heterocycles. The van der Waals surface area contributed by atoms with E-state index in [0.717, 1.165) is 11.1 Å². The number of benzene rings is 2. The summed E-state index contributed by atoms with van der Waals surface area (Å²) in [7, 11) is 0. The first-order valence-corrected chi connectivity index (χ1v) is 8.07. The van der Waals surface area contributed by atoms with Gasteiger partial charge in [0.15, 0.2) is 11.5 Å². The van der Waals surface area contributed by atoms with Gasteiger partial charge in [0.25, 0.3) is 0 Å². The molecule has 4 rings (SSSR count). The van der Waals surface area contributed by atoms with Gasteiger partial charge < -0.3 is 14.4 Å². The third-order valence-corrected chi connectivity index (χ3v) is 4.40. The van der Waals surface area contributed by atoms with Crippen LogP contribution in [-0.4, -0.2) is 28.5 Å². The molecule has 126 valence electrons. The molecule has 2 heterocycles. The minimum atomic E-state index is -0.943. The number of carbonyl (C=O) groups excluding carboxylic acids is 1. The fourth-order valence-corrected chi connectivity index (χ4v) is 3.10. The third kappa shape index (κ3) is 2.98. The minimum absolute atomic E-state index is 0.0308. The lowest BCUT2D eigenvalue weighted by Gasteiger charge is -2.15. The molecule has 0 saturated carbocycles. The Morgan fingerprint density at radius 3 is 2.76 bits per heavy atom. The summed E-state index contributed by atoms with van der Waals surface area (Å²) in [5.74, 6) is -1.18. The van der Waals surface area contributed by atoms with Gasteiger partial charge in [-0.15, -0.1) is 0 Å². The first kappa shape index (κ1) is 15.4. The van der Waals surface area contributed by atoms with E-state index in [9.17, 15) is 9.59 Å². The highest BCUT2D eigenvalue weighted by Gasteiger charge is 2.35.